The summed E-state index contributed by atoms with van der Waals surface area (Å²) in [5, 5.41) is 0.244. The lowest BCUT2D eigenvalue weighted by Crippen LogP contribution is -2.45. The Morgan fingerprint density at radius 3 is 2.53 bits per heavy atom. The first-order valence-corrected chi connectivity index (χ1v) is 13.8. The molecule has 2 saturated heterocycles. The number of amides is 2. The van der Waals surface area contributed by atoms with Crippen LogP contribution in [0.2, 0.25) is 5.15 Å². The smallest absolute Gasteiger partial charge is 0.259 e. The van der Waals surface area contributed by atoms with Gasteiger partial charge in [0.15, 0.2) is 5.60 Å². The fourth-order valence-corrected chi connectivity index (χ4v) is 5.82. The van der Waals surface area contributed by atoms with E-state index in [1.807, 2.05) is 42.3 Å². The number of anilines is 1. The van der Waals surface area contributed by atoms with E-state index in [0.29, 0.717) is 36.8 Å². The van der Waals surface area contributed by atoms with Crippen molar-refractivity contribution in [3.05, 3.63) is 52.7 Å². The van der Waals surface area contributed by atoms with E-state index in [0.717, 1.165) is 56.6 Å². The molecule has 206 valence electrons. The van der Waals surface area contributed by atoms with Gasteiger partial charge in [0.1, 0.15) is 16.7 Å². The molecule has 2 fully saturated rings. The molecule has 1 aromatic heterocycles. The predicted octanol–water partition coefficient (Wildman–Crippen LogP) is 4.61. The van der Waals surface area contributed by atoms with Crippen LogP contribution in [0.1, 0.15) is 54.4 Å². The quantitative estimate of drug-likeness (QED) is 0.431. The molecule has 2 aliphatic rings. The summed E-state index contributed by atoms with van der Waals surface area (Å²) in [6.07, 6.45) is 5.65. The minimum absolute atomic E-state index is 0.00784. The molecule has 2 aliphatic heterocycles. The number of pyridine rings is 1. The van der Waals surface area contributed by atoms with Gasteiger partial charge in [-0.1, -0.05) is 29.8 Å². The molecule has 2 aromatic rings. The summed E-state index contributed by atoms with van der Waals surface area (Å²) >= 11 is 6.32. The zero-order valence-corrected chi connectivity index (χ0v) is 23.7. The zero-order chi connectivity index (χ0) is 27.3. The highest BCUT2D eigenvalue weighted by molar-refractivity contribution is 6.32. The van der Waals surface area contributed by atoms with Crippen LogP contribution in [0, 0.1) is 5.92 Å². The highest BCUT2D eigenvalue weighted by atomic mass is 35.5. The van der Waals surface area contributed by atoms with Gasteiger partial charge in [-0.15, -0.1) is 0 Å². The first-order valence-electron chi connectivity index (χ1n) is 13.4. The predicted molar refractivity (Wildman–Crippen MR) is 149 cm³/mol. The number of hydrogen-bond acceptors (Lipinski definition) is 6. The Morgan fingerprint density at radius 1 is 1.16 bits per heavy atom. The van der Waals surface area contributed by atoms with Crippen molar-refractivity contribution in [2.24, 2.45) is 5.92 Å². The molecular weight excluding hydrogens is 504 g/mol. The van der Waals surface area contributed by atoms with Crippen molar-refractivity contribution in [3.8, 4) is 5.75 Å². The molecule has 1 atom stereocenters. The van der Waals surface area contributed by atoms with E-state index in [4.69, 9.17) is 21.1 Å². The maximum absolute atomic E-state index is 13.6. The highest BCUT2D eigenvalue weighted by Crippen LogP contribution is 2.42. The molecule has 4 rings (SSSR count). The van der Waals surface area contributed by atoms with Crippen LogP contribution >= 0.6 is 11.6 Å². The Morgan fingerprint density at radius 2 is 1.89 bits per heavy atom. The summed E-state index contributed by atoms with van der Waals surface area (Å²) in [6.45, 7) is 3.06. The summed E-state index contributed by atoms with van der Waals surface area (Å²) in [5.41, 5.74) is 0.273. The minimum atomic E-state index is -0.965. The average Bonchev–Trinajstić information content (AvgIpc) is 3.43. The molecule has 0 spiro atoms. The van der Waals surface area contributed by atoms with Gasteiger partial charge in [0.05, 0.1) is 12.7 Å². The second kappa shape index (κ2) is 12.3. The number of halogens is 1. The maximum atomic E-state index is 13.6. The van der Waals surface area contributed by atoms with E-state index < -0.39 is 5.60 Å². The Hall–Kier alpha value is -2.84. The third kappa shape index (κ3) is 5.91. The van der Waals surface area contributed by atoms with Crippen molar-refractivity contribution in [2.75, 3.05) is 59.4 Å². The summed E-state index contributed by atoms with van der Waals surface area (Å²) in [6, 6.07) is 11.3. The zero-order valence-electron chi connectivity index (χ0n) is 22.9. The SMILES string of the molecule is COc1ccccc1[C@]1(C(=O)N(C)CCCC2CCN(c3ccc(C(=O)N(C)C)c(Cl)n3)CC2)CCCO1. The number of aromatic nitrogens is 1. The number of likely N-dealkylation sites (N-methyl/N-ethyl adjacent to an activating group) is 1. The molecule has 0 saturated carbocycles. The van der Waals surface area contributed by atoms with Crippen molar-refractivity contribution in [1.82, 2.24) is 14.8 Å². The topological polar surface area (TPSA) is 75.2 Å². The fourth-order valence-electron chi connectivity index (χ4n) is 5.59. The second-order valence-corrected chi connectivity index (χ2v) is 10.8. The van der Waals surface area contributed by atoms with Crippen molar-refractivity contribution >= 4 is 29.2 Å². The lowest BCUT2D eigenvalue weighted by Gasteiger charge is -2.34. The van der Waals surface area contributed by atoms with Crippen molar-refractivity contribution < 1.29 is 19.1 Å². The van der Waals surface area contributed by atoms with E-state index in [1.54, 1.807) is 27.3 Å². The van der Waals surface area contributed by atoms with Crippen LogP contribution in [0.4, 0.5) is 5.82 Å². The summed E-state index contributed by atoms with van der Waals surface area (Å²) < 4.78 is 11.7. The van der Waals surface area contributed by atoms with Gasteiger partial charge in [-0.05, 0) is 62.6 Å². The molecule has 0 bridgehead atoms. The van der Waals surface area contributed by atoms with E-state index in [1.165, 1.54) is 4.90 Å². The van der Waals surface area contributed by atoms with Crippen molar-refractivity contribution in [3.63, 3.8) is 0 Å². The number of methoxy groups -OCH3 is 1. The van der Waals surface area contributed by atoms with E-state index >= 15 is 0 Å². The van der Waals surface area contributed by atoms with Gasteiger partial charge >= 0.3 is 0 Å². The molecule has 0 aliphatic carbocycles. The number of rotatable bonds is 9. The molecule has 0 radical (unpaired) electrons. The normalized spacial score (nSPS) is 19.9. The maximum Gasteiger partial charge on any atom is 0.259 e. The van der Waals surface area contributed by atoms with Crippen molar-refractivity contribution in [2.45, 2.75) is 44.1 Å². The van der Waals surface area contributed by atoms with E-state index in [9.17, 15) is 9.59 Å². The molecular formula is C29H39ClN4O4. The highest BCUT2D eigenvalue weighted by Gasteiger charge is 2.47. The van der Waals surface area contributed by atoms with Crippen LogP contribution in [0.3, 0.4) is 0 Å². The molecule has 0 N–H and O–H groups in total. The second-order valence-electron chi connectivity index (χ2n) is 10.5. The van der Waals surface area contributed by atoms with Crippen LogP contribution in [-0.4, -0.2) is 81.1 Å². The van der Waals surface area contributed by atoms with E-state index in [2.05, 4.69) is 9.88 Å². The molecule has 38 heavy (non-hydrogen) atoms. The Balaban J connectivity index is 1.28. The van der Waals surface area contributed by atoms with Crippen LogP contribution in [-0.2, 0) is 15.1 Å². The first kappa shape index (κ1) is 28.2. The van der Waals surface area contributed by atoms with E-state index in [-0.39, 0.29) is 17.0 Å². The number of benzene rings is 1. The largest absolute Gasteiger partial charge is 0.496 e. The Labute approximate surface area is 230 Å². The lowest BCUT2D eigenvalue weighted by molar-refractivity contribution is -0.153. The summed E-state index contributed by atoms with van der Waals surface area (Å²) in [4.78, 5) is 35.9. The number of piperidine rings is 1. The average molecular weight is 543 g/mol. The standard InChI is InChI=1S/C29H39ClN4O4/c1-32(2)27(35)22-12-13-25(31-26(22)30)34-18-14-21(15-19-34)9-7-17-33(3)28(36)29(16-8-20-38-29)23-10-5-6-11-24(23)37-4/h5-6,10-13,21H,7-9,14-20H2,1-4H3/t29-/m0/s1. The van der Waals surface area contributed by atoms with Gasteiger partial charge < -0.3 is 24.2 Å². The van der Waals surface area contributed by atoms with Crippen LogP contribution in [0.5, 0.6) is 5.75 Å². The number of carbonyl (C=O) groups is 2. The third-order valence-corrected chi connectivity index (χ3v) is 8.06. The molecule has 3 heterocycles. The number of para-hydroxylation sites is 1. The number of hydrogen-bond donors (Lipinski definition) is 0. The molecule has 8 nitrogen and oxygen atoms in total. The van der Waals surface area contributed by atoms with Gasteiger partial charge in [-0.25, -0.2) is 4.98 Å². The van der Waals surface area contributed by atoms with Crippen LogP contribution in [0.15, 0.2) is 36.4 Å². The molecule has 1 aromatic carbocycles. The molecule has 9 heteroatoms. The fraction of sp³-hybridized carbons (Fsp3) is 0.552. The van der Waals surface area contributed by atoms with Crippen LogP contribution < -0.4 is 9.64 Å². The molecule has 2 amide bonds. The van der Waals surface area contributed by atoms with Crippen LogP contribution in [0.25, 0.3) is 0 Å². The van der Waals surface area contributed by atoms with Gasteiger partial charge in [0.2, 0.25) is 0 Å². The summed E-state index contributed by atoms with van der Waals surface area (Å²) in [5.74, 6) is 1.97. The summed E-state index contributed by atoms with van der Waals surface area (Å²) in [7, 11) is 6.91. The minimum Gasteiger partial charge on any atom is -0.496 e. The Bertz CT molecular complexity index is 1130. The number of carbonyl (C=O) groups excluding carboxylic acids is 2. The number of ether oxygens (including phenoxy) is 2. The first-order chi connectivity index (χ1) is 18.3. The van der Waals surface area contributed by atoms with Crippen molar-refractivity contribution in [1.29, 1.82) is 0 Å². The van der Waals surface area contributed by atoms with Gasteiger partial charge in [0, 0.05) is 52.9 Å². The van der Waals surface area contributed by atoms with Gasteiger partial charge in [-0.2, -0.15) is 0 Å². The van der Waals surface area contributed by atoms with Gasteiger partial charge in [0.25, 0.3) is 11.8 Å². The monoisotopic (exact) mass is 542 g/mol. The Kier molecular flexibility index (Phi) is 9.15. The van der Waals surface area contributed by atoms with Gasteiger partial charge in [-0.3, -0.25) is 9.59 Å². The molecule has 0 unspecified atom stereocenters. The number of nitrogens with zero attached hydrogens (tertiary/aromatic N) is 4. The third-order valence-electron chi connectivity index (χ3n) is 7.77. The lowest BCUT2D eigenvalue weighted by atomic mass is 9.88.